The number of morpholine rings is 1. The number of methoxy groups -OCH3 is 1. The molecular formula is C32H44N2O5. The lowest BCUT2D eigenvalue weighted by Gasteiger charge is -2.40. The SMILES string of the molecule is COc1ccc(CN(C(=O)OC(C)(C)C)C2CCC(C(=O)N3CCOC(Cc4ccccc4)C3)CC2)cc1C. The van der Waals surface area contributed by atoms with E-state index in [9.17, 15) is 9.59 Å². The predicted octanol–water partition coefficient (Wildman–Crippen LogP) is 5.77. The first-order chi connectivity index (χ1) is 18.6. The Hall–Kier alpha value is -3.06. The lowest BCUT2D eigenvalue weighted by atomic mass is 9.84. The highest BCUT2D eigenvalue weighted by molar-refractivity contribution is 5.79. The molecule has 1 heterocycles. The van der Waals surface area contributed by atoms with Crippen LogP contribution < -0.4 is 4.74 Å². The minimum atomic E-state index is -0.578. The average molecular weight is 537 g/mol. The first-order valence-corrected chi connectivity index (χ1v) is 14.2. The Labute approximate surface area is 233 Å². The van der Waals surface area contributed by atoms with Gasteiger partial charge in [-0.2, -0.15) is 0 Å². The molecule has 0 spiro atoms. The van der Waals surface area contributed by atoms with Gasteiger partial charge in [0.1, 0.15) is 11.4 Å². The van der Waals surface area contributed by atoms with Crippen molar-refractivity contribution < 1.29 is 23.8 Å². The van der Waals surface area contributed by atoms with Crippen LogP contribution in [0.4, 0.5) is 4.79 Å². The minimum Gasteiger partial charge on any atom is -0.496 e. The fourth-order valence-corrected chi connectivity index (χ4v) is 5.71. The highest BCUT2D eigenvalue weighted by Crippen LogP contribution is 2.32. The molecule has 2 fully saturated rings. The van der Waals surface area contributed by atoms with E-state index >= 15 is 0 Å². The van der Waals surface area contributed by atoms with Crippen LogP contribution >= 0.6 is 0 Å². The summed E-state index contributed by atoms with van der Waals surface area (Å²) in [5.74, 6) is 1.04. The number of ether oxygens (including phenoxy) is 3. The van der Waals surface area contributed by atoms with Gasteiger partial charge in [-0.1, -0.05) is 42.5 Å². The molecule has 39 heavy (non-hydrogen) atoms. The fraction of sp³-hybridized carbons (Fsp3) is 0.562. The number of hydrogen-bond acceptors (Lipinski definition) is 5. The molecule has 2 amide bonds. The van der Waals surface area contributed by atoms with Crippen molar-refractivity contribution in [2.24, 2.45) is 5.92 Å². The van der Waals surface area contributed by atoms with Crippen LogP contribution in [-0.2, 0) is 27.2 Å². The van der Waals surface area contributed by atoms with Gasteiger partial charge in [0.25, 0.3) is 0 Å². The molecule has 4 rings (SSSR count). The van der Waals surface area contributed by atoms with Crippen molar-refractivity contribution in [1.82, 2.24) is 9.80 Å². The summed E-state index contributed by atoms with van der Waals surface area (Å²) in [4.78, 5) is 30.7. The van der Waals surface area contributed by atoms with Crippen molar-refractivity contribution >= 4 is 12.0 Å². The van der Waals surface area contributed by atoms with Gasteiger partial charge in [0.2, 0.25) is 5.91 Å². The van der Waals surface area contributed by atoms with Crippen LogP contribution in [0.3, 0.4) is 0 Å². The summed E-state index contributed by atoms with van der Waals surface area (Å²) in [6.45, 7) is 10.0. The first-order valence-electron chi connectivity index (χ1n) is 14.2. The van der Waals surface area contributed by atoms with Gasteiger partial charge in [-0.25, -0.2) is 4.79 Å². The zero-order valence-corrected chi connectivity index (χ0v) is 24.2. The Morgan fingerprint density at radius 3 is 2.38 bits per heavy atom. The van der Waals surface area contributed by atoms with Gasteiger partial charge < -0.3 is 24.0 Å². The fourth-order valence-electron chi connectivity index (χ4n) is 5.71. The van der Waals surface area contributed by atoms with Crippen LogP contribution in [0, 0.1) is 12.8 Å². The third kappa shape index (κ3) is 7.98. The number of carbonyl (C=O) groups is 2. The van der Waals surface area contributed by atoms with E-state index in [1.165, 1.54) is 5.56 Å². The maximum Gasteiger partial charge on any atom is 0.410 e. The van der Waals surface area contributed by atoms with Gasteiger partial charge in [0.15, 0.2) is 0 Å². The monoisotopic (exact) mass is 536 g/mol. The molecule has 1 atom stereocenters. The lowest BCUT2D eigenvalue weighted by Crippen LogP contribution is -2.50. The molecule has 212 valence electrons. The lowest BCUT2D eigenvalue weighted by molar-refractivity contribution is -0.144. The van der Waals surface area contributed by atoms with Gasteiger partial charge >= 0.3 is 6.09 Å². The van der Waals surface area contributed by atoms with Crippen molar-refractivity contribution in [3.8, 4) is 5.75 Å². The zero-order chi connectivity index (χ0) is 28.0. The van der Waals surface area contributed by atoms with E-state index < -0.39 is 5.60 Å². The van der Waals surface area contributed by atoms with E-state index in [2.05, 4.69) is 18.2 Å². The molecular weight excluding hydrogens is 492 g/mol. The molecule has 2 aromatic carbocycles. The third-order valence-electron chi connectivity index (χ3n) is 7.68. The summed E-state index contributed by atoms with van der Waals surface area (Å²) in [6, 6.07) is 16.3. The number of hydrogen-bond donors (Lipinski definition) is 0. The van der Waals surface area contributed by atoms with Crippen LogP contribution in [0.2, 0.25) is 0 Å². The largest absolute Gasteiger partial charge is 0.496 e. The van der Waals surface area contributed by atoms with E-state index in [-0.39, 0.29) is 30.1 Å². The number of carbonyl (C=O) groups excluding carboxylic acids is 2. The summed E-state index contributed by atoms with van der Waals surface area (Å²) in [6.07, 6.45) is 3.63. The Morgan fingerprint density at radius 2 is 1.74 bits per heavy atom. The van der Waals surface area contributed by atoms with Gasteiger partial charge in [0.05, 0.1) is 19.8 Å². The number of aryl methyl sites for hydroxylation is 1. The van der Waals surface area contributed by atoms with Crippen molar-refractivity contribution in [2.75, 3.05) is 26.8 Å². The number of rotatable bonds is 7. The maximum absolute atomic E-state index is 13.5. The van der Waals surface area contributed by atoms with Gasteiger partial charge in [-0.3, -0.25) is 4.79 Å². The zero-order valence-electron chi connectivity index (χ0n) is 24.2. The second kappa shape index (κ2) is 12.9. The Kier molecular flexibility index (Phi) is 9.54. The Bertz CT molecular complexity index is 1110. The van der Waals surface area contributed by atoms with E-state index in [0.717, 1.165) is 49.0 Å². The number of nitrogens with zero attached hydrogens (tertiary/aromatic N) is 2. The molecule has 0 aromatic heterocycles. The van der Waals surface area contributed by atoms with Crippen molar-refractivity contribution in [3.63, 3.8) is 0 Å². The van der Waals surface area contributed by atoms with Crippen LogP contribution in [0.5, 0.6) is 5.75 Å². The predicted molar refractivity (Wildman–Crippen MR) is 152 cm³/mol. The molecule has 0 N–H and O–H groups in total. The molecule has 7 nitrogen and oxygen atoms in total. The maximum atomic E-state index is 13.5. The smallest absolute Gasteiger partial charge is 0.410 e. The molecule has 1 aliphatic carbocycles. The Balaban J connectivity index is 1.38. The molecule has 1 aliphatic heterocycles. The number of amides is 2. The summed E-state index contributed by atoms with van der Waals surface area (Å²) in [5, 5.41) is 0. The summed E-state index contributed by atoms with van der Waals surface area (Å²) in [5.41, 5.74) is 2.72. The molecule has 2 aliphatic rings. The van der Waals surface area contributed by atoms with Crippen LogP contribution in [0.1, 0.15) is 63.1 Å². The molecule has 1 unspecified atom stereocenters. The third-order valence-corrected chi connectivity index (χ3v) is 7.68. The van der Waals surface area contributed by atoms with Gasteiger partial charge in [0, 0.05) is 38.0 Å². The average Bonchev–Trinajstić information content (AvgIpc) is 2.91. The molecule has 2 aromatic rings. The highest BCUT2D eigenvalue weighted by atomic mass is 16.6. The van der Waals surface area contributed by atoms with Crippen molar-refractivity contribution in [3.05, 3.63) is 65.2 Å². The first kappa shape index (κ1) is 28.9. The molecule has 1 saturated carbocycles. The summed E-state index contributed by atoms with van der Waals surface area (Å²) in [7, 11) is 1.66. The highest BCUT2D eigenvalue weighted by Gasteiger charge is 2.36. The van der Waals surface area contributed by atoms with Crippen molar-refractivity contribution in [2.45, 2.75) is 84.1 Å². The van der Waals surface area contributed by atoms with E-state index in [4.69, 9.17) is 14.2 Å². The van der Waals surface area contributed by atoms with Crippen LogP contribution in [-0.4, -0.2) is 66.4 Å². The molecule has 1 saturated heterocycles. The topological polar surface area (TPSA) is 68.3 Å². The second-order valence-electron chi connectivity index (χ2n) is 11.9. The second-order valence-corrected chi connectivity index (χ2v) is 11.9. The van der Waals surface area contributed by atoms with E-state index in [1.807, 2.05) is 67.8 Å². The Morgan fingerprint density at radius 1 is 1.03 bits per heavy atom. The van der Waals surface area contributed by atoms with E-state index in [1.54, 1.807) is 7.11 Å². The van der Waals surface area contributed by atoms with Gasteiger partial charge in [-0.05, 0) is 76.1 Å². The number of benzene rings is 2. The minimum absolute atomic E-state index is 0.0135. The van der Waals surface area contributed by atoms with Crippen LogP contribution in [0.25, 0.3) is 0 Å². The molecule has 0 radical (unpaired) electrons. The quantitative estimate of drug-likeness (QED) is 0.449. The summed E-state index contributed by atoms with van der Waals surface area (Å²) < 4.78 is 17.2. The van der Waals surface area contributed by atoms with Crippen LogP contribution in [0.15, 0.2) is 48.5 Å². The normalized spacial score (nSPS) is 21.8. The standard InChI is InChI=1S/C32H44N2O5/c1-23-19-25(11-16-29(23)37-5)21-34(31(36)39-32(2,3)4)27-14-12-26(13-15-27)30(35)33-17-18-38-28(22-33)20-24-9-7-6-8-10-24/h6-11,16,19,26-28H,12-15,17-18,20-22H2,1-5H3. The molecule has 7 heteroatoms. The molecule has 0 bridgehead atoms. The van der Waals surface area contributed by atoms with E-state index in [0.29, 0.717) is 26.2 Å². The van der Waals surface area contributed by atoms with Gasteiger partial charge in [-0.15, -0.1) is 0 Å². The summed E-state index contributed by atoms with van der Waals surface area (Å²) >= 11 is 0. The van der Waals surface area contributed by atoms with Crippen molar-refractivity contribution in [1.29, 1.82) is 0 Å².